The molecule has 1 N–H and O–H groups in total. The lowest BCUT2D eigenvalue weighted by atomic mass is 10.1. The average molecular weight is 270 g/mol. The molecule has 0 bridgehead atoms. The van der Waals surface area contributed by atoms with Gasteiger partial charge in [-0.25, -0.2) is 0 Å². The molecule has 0 radical (unpaired) electrons. The van der Waals surface area contributed by atoms with Crippen LogP contribution in [0.15, 0.2) is 36.4 Å². The summed E-state index contributed by atoms with van der Waals surface area (Å²) in [5.74, 6) is 0.359. The maximum absolute atomic E-state index is 9.55. The largest absolute Gasteiger partial charge is 0.507 e. The van der Waals surface area contributed by atoms with Crippen LogP contribution in [0.1, 0.15) is 0 Å². The van der Waals surface area contributed by atoms with Gasteiger partial charge in [-0.1, -0.05) is 24.3 Å². The maximum Gasteiger partial charge on any atom is 0.124 e. The average Bonchev–Trinajstić information content (AvgIpc) is 2.04. The molecule has 2 rings (SSSR count). The number of rotatable bonds is 0. The molecule has 0 spiro atoms. The third kappa shape index (κ3) is 1.16. The van der Waals surface area contributed by atoms with Crippen molar-refractivity contribution in [3.05, 3.63) is 40.0 Å². The molecule has 0 unspecified atom stereocenters. The highest BCUT2D eigenvalue weighted by Crippen LogP contribution is 2.28. The van der Waals surface area contributed by atoms with Crippen LogP contribution < -0.4 is 0 Å². The normalized spacial score (nSPS) is 10.4. The number of hydrogen-bond donors (Lipinski definition) is 1. The van der Waals surface area contributed by atoms with E-state index in [1.807, 2.05) is 30.3 Å². The second-order valence-corrected chi connectivity index (χ2v) is 3.78. The van der Waals surface area contributed by atoms with Crippen LogP contribution in [0.2, 0.25) is 0 Å². The van der Waals surface area contributed by atoms with Crippen molar-refractivity contribution in [3.63, 3.8) is 0 Å². The van der Waals surface area contributed by atoms with Crippen LogP contribution in [-0.2, 0) is 0 Å². The Bertz CT molecular complexity index is 386. The number of benzene rings is 2. The van der Waals surface area contributed by atoms with Crippen LogP contribution in [0.4, 0.5) is 0 Å². The van der Waals surface area contributed by atoms with Crippen molar-refractivity contribution in [2.75, 3.05) is 0 Å². The zero-order chi connectivity index (χ0) is 8.55. The molecule has 1 nitrogen and oxygen atoms in total. The lowest BCUT2D eigenvalue weighted by Crippen LogP contribution is -1.77. The van der Waals surface area contributed by atoms with Crippen molar-refractivity contribution in [3.8, 4) is 5.75 Å². The number of fused-ring (bicyclic) bond motifs is 1. The number of halogens is 1. The van der Waals surface area contributed by atoms with Gasteiger partial charge in [0, 0.05) is 8.96 Å². The second-order valence-electron chi connectivity index (χ2n) is 2.62. The van der Waals surface area contributed by atoms with E-state index in [0.29, 0.717) is 5.75 Å². The molecule has 0 saturated heterocycles. The molecule has 12 heavy (non-hydrogen) atoms. The summed E-state index contributed by atoms with van der Waals surface area (Å²) in [5.41, 5.74) is 0. The van der Waals surface area contributed by atoms with E-state index in [9.17, 15) is 5.11 Å². The summed E-state index contributed by atoms with van der Waals surface area (Å²) >= 11 is 2.22. The van der Waals surface area contributed by atoms with Gasteiger partial charge in [0.05, 0.1) is 0 Å². The smallest absolute Gasteiger partial charge is 0.124 e. The van der Waals surface area contributed by atoms with E-state index in [1.54, 1.807) is 6.07 Å². The molecule has 0 aliphatic rings. The monoisotopic (exact) mass is 270 g/mol. The van der Waals surface area contributed by atoms with Crippen molar-refractivity contribution in [1.29, 1.82) is 0 Å². The molecule has 2 heteroatoms. The van der Waals surface area contributed by atoms with Gasteiger partial charge in [-0.2, -0.15) is 0 Å². The molecule has 2 aromatic carbocycles. The SMILES string of the molecule is Oc1cccc2cccc(I)c12. The van der Waals surface area contributed by atoms with Gasteiger partial charge in [0.2, 0.25) is 0 Å². The number of hydrogen-bond acceptors (Lipinski definition) is 1. The minimum absolute atomic E-state index is 0.359. The summed E-state index contributed by atoms with van der Waals surface area (Å²) in [6, 6.07) is 11.5. The first kappa shape index (κ1) is 7.86. The Kier molecular flexibility index (Phi) is 1.92. The van der Waals surface area contributed by atoms with Crippen LogP contribution in [0.25, 0.3) is 10.8 Å². The molecule has 0 aromatic heterocycles. The van der Waals surface area contributed by atoms with Crippen molar-refractivity contribution in [1.82, 2.24) is 0 Å². The number of aromatic hydroxyl groups is 1. The number of phenols is 1. The zero-order valence-corrected chi connectivity index (χ0v) is 8.45. The molecule has 2 aromatic rings. The first-order valence-corrected chi connectivity index (χ1v) is 4.73. The fourth-order valence-electron chi connectivity index (χ4n) is 1.28. The summed E-state index contributed by atoms with van der Waals surface area (Å²) < 4.78 is 1.09. The summed E-state index contributed by atoms with van der Waals surface area (Å²) in [6.45, 7) is 0. The molecule has 0 heterocycles. The van der Waals surface area contributed by atoms with Gasteiger partial charge in [-0.3, -0.25) is 0 Å². The summed E-state index contributed by atoms with van der Waals surface area (Å²) in [5, 5.41) is 11.6. The Morgan fingerprint density at radius 3 is 2.33 bits per heavy atom. The van der Waals surface area contributed by atoms with E-state index in [1.165, 1.54) is 0 Å². The Labute approximate surface area is 84.2 Å². The molecule has 0 aliphatic carbocycles. The van der Waals surface area contributed by atoms with E-state index in [-0.39, 0.29) is 0 Å². The molecular formula is C10H7IO. The maximum atomic E-state index is 9.55. The van der Waals surface area contributed by atoms with Gasteiger partial charge in [0.15, 0.2) is 0 Å². The third-order valence-electron chi connectivity index (χ3n) is 1.83. The summed E-state index contributed by atoms with van der Waals surface area (Å²) in [4.78, 5) is 0. The van der Waals surface area contributed by atoms with Gasteiger partial charge < -0.3 is 5.11 Å². The van der Waals surface area contributed by atoms with Crippen LogP contribution in [0.3, 0.4) is 0 Å². The Balaban J connectivity index is 2.96. The van der Waals surface area contributed by atoms with Crippen molar-refractivity contribution in [2.45, 2.75) is 0 Å². The van der Waals surface area contributed by atoms with E-state index < -0.39 is 0 Å². The highest BCUT2D eigenvalue weighted by atomic mass is 127. The van der Waals surface area contributed by atoms with Gasteiger partial charge in [-0.05, 0) is 40.1 Å². The van der Waals surface area contributed by atoms with Crippen LogP contribution >= 0.6 is 22.6 Å². The predicted octanol–water partition coefficient (Wildman–Crippen LogP) is 3.15. The molecule has 0 atom stereocenters. The predicted molar refractivity (Wildman–Crippen MR) is 58.3 cm³/mol. The van der Waals surface area contributed by atoms with E-state index in [2.05, 4.69) is 22.6 Å². The third-order valence-corrected chi connectivity index (χ3v) is 2.73. The lowest BCUT2D eigenvalue weighted by Gasteiger charge is -2.01. The molecule has 60 valence electrons. The highest BCUT2D eigenvalue weighted by Gasteiger charge is 2.01. The zero-order valence-electron chi connectivity index (χ0n) is 6.29. The van der Waals surface area contributed by atoms with Gasteiger partial charge in [0.1, 0.15) is 5.75 Å². The molecule has 0 amide bonds. The highest BCUT2D eigenvalue weighted by molar-refractivity contribution is 14.1. The first-order chi connectivity index (χ1) is 5.79. The van der Waals surface area contributed by atoms with Crippen molar-refractivity contribution in [2.24, 2.45) is 0 Å². The quantitative estimate of drug-likeness (QED) is 0.729. The van der Waals surface area contributed by atoms with Gasteiger partial charge in [0.25, 0.3) is 0 Å². The molecule has 0 fully saturated rings. The topological polar surface area (TPSA) is 20.2 Å². The minimum atomic E-state index is 0.359. The fourth-order valence-corrected chi connectivity index (χ4v) is 2.07. The fraction of sp³-hybridized carbons (Fsp3) is 0. The summed E-state index contributed by atoms with van der Waals surface area (Å²) in [7, 11) is 0. The van der Waals surface area contributed by atoms with Crippen molar-refractivity contribution >= 4 is 33.4 Å². The van der Waals surface area contributed by atoms with Gasteiger partial charge >= 0.3 is 0 Å². The Hall–Kier alpha value is -0.770. The van der Waals surface area contributed by atoms with Crippen molar-refractivity contribution < 1.29 is 5.11 Å². The minimum Gasteiger partial charge on any atom is -0.507 e. The Morgan fingerprint density at radius 1 is 1.00 bits per heavy atom. The summed E-state index contributed by atoms with van der Waals surface area (Å²) in [6.07, 6.45) is 0. The molecule has 0 saturated carbocycles. The second kappa shape index (κ2) is 2.94. The first-order valence-electron chi connectivity index (χ1n) is 3.65. The van der Waals surface area contributed by atoms with E-state index >= 15 is 0 Å². The Morgan fingerprint density at radius 2 is 1.67 bits per heavy atom. The van der Waals surface area contributed by atoms with Gasteiger partial charge in [-0.15, -0.1) is 0 Å². The number of phenolic OH excluding ortho intramolecular Hbond substituents is 1. The van der Waals surface area contributed by atoms with E-state index in [0.717, 1.165) is 14.3 Å². The lowest BCUT2D eigenvalue weighted by molar-refractivity contribution is 0.481. The van der Waals surface area contributed by atoms with Crippen LogP contribution in [-0.4, -0.2) is 5.11 Å². The van der Waals surface area contributed by atoms with Crippen LogP contribution in [0, 0.1) is 3.57 Å². The molecular weight excluding hydrogens is 263 g/mol. The van der Waals surface area contributed by atoms with Crippen LogP contribution in [0.5, 0.6) is 5.75 Å². The standard InChI is InChI=1S/C10H7IO/c11-8-5-1-3-7-4-2-6-9(12)10(7)8/h1-6,12H. The molecule has 0 aliphatic heterocycles. The van der Waals surface area contributed by atoms with E-state index in [4.69, 9.17) is 0 Å².